The lowest BCUT2D eigenvalue weighted by Gasteiger charge is -2.34. The molecule has 4 heteroatoms. The van der Waals surface area contributed by atoms with Gasteiger partial charge in [0.2, 0.25) is 0 Å². The fourth-order valence-electron chi connectivity index (χ4n) is 5.74. The smallest absolute Gasteiger partial charge is 0.122 e. The van der Waals surface area contributed by atoms with Gasteiger partial charge in [0.1, 0.15) is 5.75 Å². The molecule has 1 aromatic heterocycles. The minimum atomic E-state index is 0.125. The number of hydrogen-bond acceptors (Lipinski definition) is 4. The molecule has 1 aliphatic carbocycles. The highest BCUT2D eigenvalue weighted by atomic mass is 16.5. The Morgan fingerprint density at radius 3 is 2.91 bits per heavy atom. The molecule has 2 unspecified atom stereocenters. The van der Waals surface area contributed by atoms with Crippen LogP contribution < -0.4 is 15.8 Å². The van der Waals surface area contributed by atoms with E-state index < -0.39 is 0 Å². The lowest BCUT2D eigenvalue weighted by atomic mass is 9.77. The Balaban J connectivity index is 1.72. The highest BCUT2D eigenvalue weighted by Crippen LogP contribution is 2.50. The average Bonchev–Trinajstić information content (AvgIpc) is 3.44. The van der Waals surface area contributed by atoms with E-state index in [0.29, 0.717) is 5.92 Å². The first-order valence-corrected chi connectivity index (χ1v) is 12.5. The number of aryl methyl sites for hydroxylation is 1. The second kappa shape index (κ2) is 10.1. The molecule has 1 fully saturated rings. The number of benzene rings is 1. The SMILES string of the molecule is C=C(N/C(=C(\C)c1cccc(C)n1)c1ccc2c(c1)CCO2)C1(CCC)CCC(CCN)C1. The molecule has 1 aliphatic heterocycles. The van der Waals surface area contributed by atoms with Crippen LogP contribution in [0.3, 0.4) is 0 Å². The third-order valence-electron chi connectivity index (χ3n) is 7.56. The van der Waals surface area contributed by atoms with Gasteiger partial charge in [0.15, 0.2) is 0 Å². The first-order chi connectivity index (χ1) is 16.0. The van der Waals surface area contributed by atoms with Crippen molar-refractivity contribution in [1.29, 1.82) is 0 Å². The molecule has 0 radical (unpaired) electrons. The van der Waals surface area contributed by atoms with Crippen LogP contribution in [0.5, 0.6) is 5.75 Å². The van der Waals surface area contributed by atoms with Crippen LogP contribution in [0.1, 0.15) is 74.9 Å². The van der Waals surface area contributed by atoms with Gasteiger partial charge in [0.25, 0.3) is 0 Å². The summed E-state index contributed by atoms with van der Waals surface area (Å²) < 4.78 is 5.76. The molecule has 2 atom stereocenters. The van der Waals surface area contributed by atoms with E-state index in [1.807, 2.05) is 13.0 Å². The quantitative estimate of drug-likeness (QED) is 0.479. The van der Waals surface area contributed by atoms with Gasteiger partial charge in [0.05, 0.1) is 18.0 Å². The van der Waals surface area contributed by atoms with E-state index in [1.165, 1.54) is 30.4 Å². The second-order valence-electron chi connectivity index (χ2n) is 9.91. The van der Waals surface area contributed by atoms with Crippen LogP contribution in [-0.2, 0) is 6.42 Å². The molecule has 176 valence electrons. The van der Waals surface area contributed by atoms with Crippen molar-refractivity contribution in [3.8, 4) is 5.75 Å². The number of nitrogens with two attached hydrogens (primary N) is 1. The van der Waals surface area contributed by atoms with Crippen LogP contribution in [0.15, 0.2) is 48.7 Å². The topological polar surface area (TPSA) is 60.2 Å². The molecule has 0 spiro atoms. The Morgan fingerprint density at radius 1 is 1.30 bits per heavy atom. The maximum Gasteiger partial charge on any atom is 0.122 e. The van der Waals surface area contributed by atoms with E-state index in [-0.39, 0.29) is 5.41 Å². The van der Waals surface area contributed by atoms with Crippen molar-refractivity contribution in [1.82, 2.24) is 10.3 Å². The predicted molar refractivity (Wildman–Crippen MR) is 138 cm³/mol. The molecular weight excluding hydrogens is 406 g/mol. The fraction of sp³-hybridized carbons (Fsp3) is 0.483. The van der Waals surface area contributed by atoms with Crippen molar-refractivity contribution >= 4 is 11.3 Å². The van der Waals surface area contributed by atoms with Crippen LogP contribution in [0.2, 0.25) is 0 Å². The number of ether oxygens (including phenoxy) is 1. The maximum atomic E-state index is 5.90. The fourth-order valence-corrected chi connectivity index (χ4v) is 5.74. The van der Waals surface area contributed by atoms with Crippen LogP contribution in [0.25, 0.3) is 11.3 Å². The van der Waals surface area contributed by atoms with Crippen molar-refractivity contribution in [3.05, 3.63) is 71.2 Å². The summed E-state index contributed by atoms with van der Waals surface area (Å²) in [7, 11) is 0. The number of pyridine rings is 1. The number of nitrogens with zero attached hydrogens (tertiary/aromatic N) is 1. The normalized spacial score (nSPS) is 22.5. The highest BCUT2D eigenvalue weighted by molar-refractivity contribution is 5.89. The van der Waals surface area contributed by atoms with Gasteiger partial charge < -0.3 is 15.8 Å². The molecule has 0 amide bonds. The molecule has 2 heterocycles. The maximum absolute atomic E-state index is 5.90. The minimum Gasteiger partial charge on any atom is -0.493 e. The summed E-state index contributed by atoms with van der Waals surface area (Å²) in [5, 5.41) is 3.85. The molecule has 1 saturated carbocycles. The zero-order valence-corrected chi connectivity index (χ0v) is 20.5. The molecule has 0 saturated heterocycles. The van der Waals surface area contributed by atoms with E-state index in [2.05, 4.69) is 56.1 Å². The van der Waals surface area contributed by atoms with Gasteiger partial charge in [-0.15, -0.1) is 0 Å². The van der Waals surface area contributed by atoms with Crippen LogP contribution in [0, 0.1) is 18.3 Å². The van der Waals surface area contributed by atoms with E-state index >= 15 is 0 Å². The summed E-state index contributed by atoms with van der Waals surface area (Å²) in [5.74, 6) is 1.70. The molecule has 33 heavy (non-hydrogen) atoms. The Hall–Kier alpha value is -2.59. The van der Waals surface area contributed by atoms with E-state index in [4.69, 9.17) is 15.5 Å². The van der Waals surface area contributed by atoms with Crippen LogP contribution in [-0.4, -0.2) is 18.1 Å². The van der Waals surface area contributed by atoms with Crippen molar-refractivity contribution in [2.75, 3.05) is 13.2 Å². The molecule has 2 aromatic rings. The monoisotopic (exact) mass is 445 g/mol. The average molecular weight is 446 g/mol. The molecule has 3 N–H and O–H groups in total. The molecule has 1 aromatic carbocycles. The predicted octanol–water partition coefficient (Wildman–Crippen LogP) is 6.25. The lowest BCUT2D eigenvalue weighted by Crippen LogP contribution is -2.29. The lowest BCUT2D eigenvalue weighted by molar-refractivity contribution is 0.305. The minimum absolute atomic E-state index is 0.125. The van der Waals surface area contributed by atoms with Gasteiger partial charge >= 0.3 is 0 Å². The largest absolute Gasteiger partial charge is 0.493 e. The third-order valence-corrected chi connectivity index (χ3v) is 7.56. The summed E-state index contributed by atoms with van der Waals surface area (Å²) >= 11 is 0. The Bertz CT molecular complexity index is 1040. The summed E-state index contributed by atoms with van der Waals surface area (Å²) in [6.45, 7) is 12.7. The van der Waals surface area contributed by atoms with Gasteiger partial charge in [0, 0.05) is 23.2 Å². The Kier molecular flexibility index (Phi) is 7.23. The van der Waals surface area contributed by atoms with E-state index in [9.17, 15) is 0 Å². The summed E-state index contributed by atoms with van der Waals surface area (Å²) in [5.41, 5.74) is 13.9. The third kappa shape index (κ3) is 5.01. The van der Waals surface area contributed by atoms with Gasteiger partial charge in [-0.05, 0) is 105 Å². The Morgan fingerprint density at radius 2 is 2.15 bits per heavy atom. The molecule has 0 bridgehead atoms. The number of fused-ring (bicyclic) bond motifs is 1. The molecular formula is C29H39N3O. The first-order valence-electron chi connectivity index (χ1n) is 12.5. The Labute approximate surface area is 199 Å². The summed E-state index contributed by atoms with van der Waals surface area (Å²) in [6.07, 6.45) is 7.99. The van der Waals surface area contributed by atoms with Gasteiger partial charge in [-0.1, -0.05) is 26.0 Å². The number of nitrogens with one attached hydrogen (secondary N) is 1. The van der Waals surface area contributed by atoms with Crippen LogP contribution >= 0.6 is 0 Å². The number of aromatic nitrogens is 1. The van der Waals surface area contributed by atoms with Crippen molar-refractivity contribution < 1.29 is 4.74 Å². The zero-order valence-electron chi connectivity index (χ0n) is 20.5. The number of allylic oxidation sites excluding steroid dienone is 2. The van der Waals surface area contributed by atoms with Crippen LogP contribution in [0.4, 0.5) is 0 Å². The molecule has 4 rings (SSSR count). The summed E-state index contributed by atoms with van der Waals surface area (Å²) in [6, 6.07) is 12.8. The molecule has 4 nitrogen and oxygen atoms in total. The summed E-state index contributed by atoms with van der Waals surface area (Å²) in [4.78, 5) is 4.82. The first kappa shape index (κ1) is 23.6. The number of rotatable bonds is 9. The van der Waals surface area contributed by atoms with Gasteiger partial charge in [-0.3, -0.25) is 4.98 Å². The number of hydrogen-bond donors (Lipinski definition) is 2. The van der Waals surface area contributed by atoms with Gasteiger partial charge in [-0.2, -0.15) is 0 Å². The van der Waals surface area contributed by atoms with Crippen molar-refractivity contribution in [2.45, 2.75) is 65.7 Å². The van der Waals surface area contributed by atoms with Gasteiger partial charge in [-0.25, -0.2) is 0 Å². The van der Waals surface area contributed by atoms with Crippen molar-refractivity contribution in [2.24, 2.45) is 17.1 Å². The molecule has 2 aliphatic rings. The van der Waals surface area contributed by atoms with E-state index in [1.54, 1.807) is 0 Å². The van der Waals surface area contributed by atoms with E-state index in [0.717, 1.165) is 72.9 Å². The second-order valence-corrected chi connectivity index (χ2v) is 9.91. The zero-order chi connectivity index (χ0) is 23.4. The standard InChI is InChI=1S/C29H39N3O/c1-5-14-29(15-11-23(19-29)12-16-30)22(4)32-28(21(3)26-8-6-7-20(2)31-26)25-9-10-27-24(18-25)13-17-33-27/h6-10,18,23,32H,4-5,11-17,19,30H2,1-3H3/b28-21+. The highest BCUT2D eigenvalue weighted by Gasteiger charge is 2.40. The van der Waals surface area contributed by atoms with Crippen molar-refractivity contribution in [3.63, 3.8) is 0 Å².